The summed E-state index contributed by atoms with van der Waals surface area (Å²) in [5, 5.41) is 5.63. The van der Waals surface area contributed by atoms with Gasteiger partial charge < -0.3 is 18.6 Å². The van der Waals surface area contributed by atoms with Gasteiger partial charge in [0.15, 0.2) is 12.4 Å². The Morgan fingerprint density at radius 3 is 2.61 bits per heavy atom. The molecule has 0 aliphatic carbocycles. The highest BCUT2D eigenvalue weighted by Gasteiger charge is 2.17. The van der Waals surface area contributed by atoms with Crippen LogP contribution in [0.3, 0.4) is 0 Å². The molecule has 36 heavy (non-hydrogen) atoms. The van der Waals surface area contributed by atoms with Gasteiger partial charge in [0.05, 0.1) is 36.7 Å². The number of carbonyl (C=O) groups is 1. The van der Waals surface area contributed by atoms with Crippen LogP contribution < -0.4 is 15.0 Å². The molecule has 5 aromatic rings. The molecular weight excluding hydrogens is 462 g/mol. The number of esters is 1. The Bertz CT molecular complexity index is 1650. The van der Waals surface area contributed by atoms with E-state index in [1.165, 1.54) is 18.0 Å². The van der Waals surface area contributed by atoms with Crippen molar-refractivity contribution in [2.45, 2.75) is 0 Å². The number of fused-ring (bicyclic) bond motifs is 2. The second-order valence-corrected chi connectivity index (χ2v) is 7.73. The molecular formula is C27H21N3O6. The summed E-state index contributed by atoms with van der Waals surface area (Å²) in [5.74, 6) is 1.31. The second-order valence-electron chi connectivity index (χ2n) is 7.73. The Balaban J connectivity index is 1.56. The maximum atomic E-state index is 13.4. The van der Waals surface area contributed by atoms with E-state index in [9.17, 15) is 9.59 Å². The average Bonchev–Trinajstić information content (AvgIpc) is 3.36. The Morgan fingerprint density at radius 2 is 1.83 bits per heavy atom. The molecule has 0 aliphatic heterocycles. The smallest absolute Gasteiger partial charge is 0.343 e. The molecule has 5 rings (SSSR count). The van der Waals surface area contributed by atoms with Crippen LogP contribution in [0.2, 0.25) is 0 Å². The molecule has 0 radical (unpaired) electrons. The quantitative estimate of drug-likeness (QED) is 0.252. The highest BCUT2D eigenvalue weighted by molar-refractivity contribution is 5.88. The van der Waals surface area contributed by atoms with Crippen LogP contribution in [0.5, 0.6) is 11.5 Å². The number of aromatic nitrogens is 2. The normalized spacial score (nSPS) is 11.3. The molecule has 0 atom stereocenters. The number of rotatable bonds is 7. The third-order valence-electron chi connectivity index (χ3n) is 5.50. The van der Waals surface area contributed by atoms with Crippen LogP contribution in [0.1, 0.15) is 5.56 Å². The van der Waals surface area contributed by atoms with Gasteiger partial charge in [0.1, 0.15) is 17.1 Å². The molecule has 9 nitrogen and oxygen atoms in total. The predicted octanol–water partition coefficient (Wildman–Crippen LogP) is 4.25. The molecule has 0 amide bonds. The summed E-state index contributed by atoms with van der Waals surface area (Å²) in [6.45, 7) is -0.187. The lowest BCUT2D eigenvalue weighted by molar-refractivity contribution is -0.142. The van der Waals surface area contributed by atoms with Crippen LogP contribution in [-0.4, -0.2) is 42.7 Å². The van der Waals surface area contributed by atoms with Gasteiger partial charge in [-0.1, -0.05) is 18.2 Å². The summed E-state index contributed by atoms with van der Waals surface area (Å²) in [7, 11) is 2.88. The number of benzene rings is 3. The van der Waals surface area contributed by atoms with Crippen LogP contribution in [0.15, 0.2) is 87.1 Å². The molecule has 180 valence electrons. The monoisotopic (exact) mass is 483 g/mol. The molecule has 2 aromatic heterocycles. The lowest BCUT2D eigenvalue weighted by Gasteiger charge is -2.07. The summed E-state index contributed by atoms with van der Waals surface area (Å²) in [4.78, 5) is 29.3. The zero-order chi connectivity index (χ0) is 25.1. The molecule has 0 bridgehead atoms. The van der Waals surface area contributed by atoms with E-state index in [0.717, 1.165) is 5.39 Å². The number of furan rings is 1. The highest BCUT2D eigenvalue weighted by Crippen LogP contribution is 2.32. The molecule has 0 fully saturated rings. The third kappa shape index (κ3) is 4.41. The van der Waals surface area contributed by atoms with Gasteiger partial charge in [0.25, 0.3) is 5.56 Å². The van der Waals surface area contributed by atoms with Gasteiger partial charge >= 0.3 is 5.97 Å². The second kappa shape index (κ2) is 9.75. The minimum Gasteiger partial charge on any atom is -0.496 e. The van der Waals surface area contributed by atoms with E-state index in [0.29, 0.717) is 39.3 Å². The Hall–Kier alpha value is -4.92. The van der Waals surface area contributed by atoms with Crippen molar-refractivity contribution in [2.75, 3.05) is 20.8 Å². The first kappa shape index (κ1) is 22.9. The zero-order valence-electron chi connectivity index (χ0n) is 19.5. The van der Waals surface area contributed by atoms with E-state index < -0.39 is 5.97 Å². The summed E-state index contributed by atoms with van der Waals surface area (Å²) in [6, 6.07) is 21.2. The summed E-state index contributed by atoms with van der Waals surface area (Å²) < 4.78 is 22.6. The summed E-state index contributed by atoms with van der Waals surface area (Å²) in [6.07, 6.45) is 1.54. The maximum absolute atomic E-state index is 13.4. The van der Waals surface area contributed by atoms with Crippen LogP contribution in [0, 0.1) is 0 Å². The highest BCUT2D eigenvalue weighted by atomic mass is 16.6. The first-order chi connectivity index (χ1) is 17.6. The number of nitrogens with zero attached hydrogens (tertiary/aromatic N) is 3. The van der Waals surface area contributed by atoms with Crippen LogP contribution in [-0.2, 0) is 9.53 Å². The molecule has 0 saturated heterocycles. The van der Waals surface area contributed by atoms with Gasteiger partial charge in [-0.25, -0.2) is 9.78 Å². The number of hydrogen-bond donors (Lipinski definition) is 0. The molecule has 0 saturated carbocycles. The van der Waals surface area contributed by atoms with Crippen LogP contribution in [0.25, 0.3) is 33.5 Å². The number of para-hydroxylation sites is 1. The van der Waals surface area contributed by atoms with Crippen molar-refractivity contribution in [3.63, 3.8) is 0 Å². The lowest BCUT2D eigenvalue weighted by Crippen LogP contribution is -2.20. The number of methoxy groups -OCH3 is 2. The van der Waals surface area contributed by atoms with Crippen molar-refractivity contribution in [1.82, 2.24) is 9.66 Å². The van der Waals surface area contributed by atoms with Crippen molar-refractivity contribution in [2.24, 2.45) is 5.10 Å². The van der Waals surface area contributed by atoms with E-state index in [-0.39, 0.29) is 18.0 Å². The fourth-order valence-electron chi connectivity index (χ4n) is 3.69. The maximum Gasteiger partial charge on any atom is 0.343 e. The number of ether oxygens (including phenoxy) is 3. The fraction of sp³-hybridized carbons (Fsp3) is 0.111. The van der Waals surface area contributed by atoms with Gasteiger partial charge in [0.2, 0.25) is 5.82 Å². The van der Waals surface area contributed by atoms with Crippen molar-refractivity contribution in [3.8, 4) is 23.1 Å². The van der Waals surface area contributed by atoms with Gasteiger partial charge in [0, 0.05) is 0 Å². The average molecular weight is 483 g/mol. The number of carbonyl (C=O) groups excluding carboxylic acids is 1. The van der Waals surface area contributed by atoms with E-state index >= 15 is 0 Å². The topological polar surface area (TPSA) is 105 Å². The minimum atomic E-state index is -0.473. The van der Waals surface area contributed by atoms with Crippen molar-refractivity contribution in [3.05, 3.63) is 88.7 Å². The lowest BCUT2D eigenvalue weighted by atomic mass is 10.2. The third-order valence-corrected chi connectivity index (χ3v) is 5.50. The molecule has 0 aliphatic rings. The Kier molecular flexibility index (Phi) is 6.19. The molecule has 0 spiro atoms. The van der Waals surface area contributed by atoms with Gasteiger partial charge in [-0.3, -0.25) is 4.79 Å². The predicted molar refractivity (Wildman–Crippen MR) is 135 cm³/mol. The van der Waals surface area contributed by atoms with Crippen LogP contribution in [0.4, 0.5) is 0 Å². The first-order valence-corrected chi connectivity index (χ1v) is 11.0. The molecule has 2 heterocycles. The van der Waals surface area contributed by atoms with E-state index in [1.807, 2.05) is 24.3 Å². The molecule has 0 N–H and O–H groups in total. The van der Waals surface area contributed by atoms with Crippen LogP contribution >= 0.6 is 0 Å². The first-order valence-electron chi connectivity index (χ1n) is 11.0. The standard InChI is InChI=1S/C27H21N3O6/c1-33-22-8-5-9-23-20(22)14-24(36-23)26-29-21-7-4-3-6-19(21)27(32)30(26)28-15-17-10-12-18(13-11-17)35-16-25(31)34-2/h3-15H,16H2,1-2H3. The molecule has 0 unspecified atom stereocenters. The van der Waals surface area contributed by atoms with Crippen molar-refractivity contribution >= 4 is 34.1 Å². The van der Waals surface area contributed by atoms with Gasteiger partial charge in [-0.2, -0.15) is 9.78 Å². The van der Waals surface area contributed by atoms with Crippen molar-refractivity contribution in [1.29, 1.82) is 0 Å². The van der Waals surface area contributed by atoms with E-state index in [1.54, 1.807) is 55.6 Å². The fourth-order valence-corrected chi connectivity index (χ4v) is 3.69. The minimum absolute atomic E-state index is 0.187. The van der Waals surface area contributed by atoms with E-state index in [2.05, 4.69) is 14.8 Å². The van der Waals surface area contributed by atoms with Gasteiger partial charge in [-0.05, 0) is 60.2 Å². The summed E-state index contributed by atoms with van der Waals surface area (Å²) >= 11 is 0. The number of hydrogen-bond acceptors (Lipinski definition) is 8. The van der Waals surface area contributed by atoms with Crippen molar-refractivity contribution < 1.29 is 23.4 Å². The zero-order valence-corrected chi connectivity index (χ0v) is 19.5. The van der Waals surface area contributed by atoms with Gasteiger partial charge in [-0.15, -0.1) is 0 Å². The molecule has 3 aromatic carbocycles. The Morgan fingerprint density at radius 1 is 1.03 bits per heavy atom. The SMILES string of the molecule is COC(=O)COc1ccc(C=Nn2c(-c3cc4c(OC)cccc4o3)nc3ccccc3c2=O)cc1. The Labute approximate surface area is 205 Å². The van der Waals surface area contributed by atoms with E-state index in [4.69, 9.17) is 13.9 Å². The molecule has 9 heteroatoms. The summed E-state index contributed by atoms with van der Waals surface area (Å²) in [5.41, 5.74) is 1.50. The largest absolute Gasteiger partial charge is 0.496 e.